The second-order valence-corrected chi connectivity index (χ2v) is 13.4. The van der Waals surface area contributed by atoms with Gasteiger partial charge in [-0.25, -0.2) is 8.42 Å². The molecular formula is C31H36BrCl2N3O5S. The van der Waals surface area contributed by atoms with Crippen LogP contribution in [0.3, 0.4) is 0 Å². The van der Waals surface area contributed by atoms with Gasteiger partial charge in [-0.1, -0.05) is 59.0 Å². The average molecular weight is 714 g/mol. The van der Waals surface area contributed by atoms with Crippen LogP contribution >= 0.6 is 39.1 Å². The maximum Gasteiger partial charge on any atom is 0.264 e. The highest BCUT2D eigenvalue weighted by atomic mass is 79.9. The SMILES string of the molecule is CCOc1ccc(N(CC(=O)N(Cc2c(Cl)cccc2Cl)[C@@H](CC)C(=O)N[C@@H](C)CC)S(=O)(=O)c2ccc(Br)cc2)cc1. The van der Waals surface area contributed by atoms with Crippen LogP contribution in [0.1, 0.15) is 46.1 Å². The highest BCUT2D eigenvalue weighted by molar-refractivity contribution is 9.10. The molecule has 0 aliphatic rings. The minimum absolute atomic E-state index is 0.000335. The molecule has 2 atom stereocenters. The molecule has 8 nitrogen and oxygen atoms in total. The Balaban J connectivity index is 2.10. The van der Waals surface area contributed by atoms with Crippen molar-refractivity contribution in [2.45, 2.75) is 64.1 Å². The van der Waals surface area contributed by atoms with Crippen LogP contribution in [0.15, 0.2) is 76.1 Å². The van der Waals surface area contributed by atoms with Crippen LogP contribution in [0.25, 0.3) is 0 Å². The number of benzene rings is 3. The Morgan fingerprint density at radius 2 is 1.53 bits per heavy atom. The van der Waals surface area contributed by atoms with Crippen molar-refractivity contribution in [1.82, 2.24) is 10.2 Å². The van der Waals surface area contributed by atoms with E-state index in [1.165, 1.54) is 17.0 Å². The monoisotopic (exact) mass is 711 g/mol. The third-order valence-electron chi connectivity index (χ3n) is 6.89. The number of carbonyl (C=O) groups is 2. The lowest BCUT2D eigenvalue weighted by molar-refractivity contribution is -0.140. The molecular weight excluding hydrogens is 677 g/mol. The lowest BCUT2D eigenvalue weighted by atomic mass is 10.1. The summed E-state index contributed by atoms with van der Waals surface area (Å²) in [7, 11) is -4.22. The van der Waals surface area contributed by atoms with Gasteiger partial charge in [-0.05, 0) is 87.4 Å². The zero-order valence-corrected chi connectivity index (χ0v) is 28.4. The fourth-order valence-corrected chi connectivity index (χ4v) is 6.55. The number of hydrogen-bond acceptors (Lipinski definition) is 5. The van der Waals surface area contributed by atoms with Gasteiger partial charge in [-0.3, -0.25) is 13.9 Å². The fraction of sp³-hybridized carbons (Fsp3) is 0.355. The minimum Gasteiger partial charge on any atom is -0.494 e. The molecule has 43 heavy (non-hydrogen) atoms. The van der Waals surface area contributed by atoms with Gasteiger partial charge in [0.1, 0.15) is 18.3 Å². The summed E-state index contributed by atoms with van der Waals surface area (Å²) in [6.07, 6.45) is 0.974. The molecule has 0 bridgehead atoms. The summed E-state index contributed by atoms with van der Waals surface area (Å²) in [5, 5.41) is 3.60. The Labute approximate surface area is 272 Å². The van der Waals surface area contributed by atoms with Crippen molar-refractivity contribution < 1.29 is 22.7 Å². The van der Waals surface area contributed by atoms with Crippen LogP contribution in [0.4, 0.5) is 5.69 Å². The molecule has 0 saturated heterocycles. The summed E-state index contributed by atoms with van der Waals surface area (Å²) in [5.41, 5.74) is 0.713. The molecule has 0 saturated carbocycles. The Kier molecular flexibility index (Phi) is 12.7. The maximum absolute atomic E-state index is 14.2. The van der Waals surface area contributed by atoms with E-state index in [1.54, 1.807) is 61.5 Å². The summed E-state index contributed by atoms with van der Waals surface area (Å²) in [6, 6.07) is 16.5. The lowest BCUT2D eigenvalue weighted by Crippen LogP contribution is -2.53. The second-order valence-electron chi connectivity index (χ2n) is 9.86. The normalized spacial score (nSPS) is 12.7. The number of anilines is 1. The summed E-state index contributed by atoms with van der Waals surface area (Å²) in [6.45, 7) is 7.22. The van der Waals surface area contributed by atoms with E-state index in [2.05, 4.69) is 21.2 Å². The molecule has 232 valence electrons. The molecule has 3 aromatic rings. The topological polar surface area (TPSA) is 96.0 Å². The minimum atomic E-state index is -4.22. The van der Waals surface area contributed by atoms with Gasteiger partial charge >= 0.3 is 0 Å². The van der Waals surface area contributed by atoms with Crippen molar-refractivity contribution >= 4 is 66.7 Å². The largest absolute Gasteiger partial charge is 0.494 e. The number of halogens is 3. The van der Waals surface area contributed by atoms with Gasteiger partial charge in [0.25, 0.3) is 10.0 Å². The van der Waals surface area contributed by atoms with Crippen LogP contribution in [0.2, 0.25) is 10.0 Å². The zero-order valence-electron chi connectivity index (χ0n) is 24.5. The van der Waals surface area contributed by atoms with Crippen molar-refractivity contribution in [3.63, 3.8) is 0 Å². The van der Waals surface area contributed by atoms with Gasteiger partial charge in [0, 0.05) is 32.7 Å². The zero-order chi connectivity index (χ0) is 31.7. The predicted molar refractivity (Wildman–Crippen MR) is 175 cm³/mol. The van der Waals surface area contributed by atoms with Crippen LogP contribution in [0.5, 0.6) is 5.75 Å². The van der Waals surface area contributed by atoms with Crippen LogP contribution < -0.4 is 14.4 Å². The highest BCUT2D eigenvalue weighted by Gasteiger charge is 2.34. The smallest absolute Gasteiger partial charge is 0.264 e. The first-order valence-electron chi connectivity index (χ1n) is 14.0. The Hall–Kier alpha value is -2.79. The molecule has 3 aromatic carbocycles. The summed E-state index contributed by atoms with van der Waals surface area (Å²) < 4.78 is 35.3. The standard InChI is InChI=1S/C31H36BrCl2N3O5S/c1-5-21(4)35-31(39)29(6-2)36(19-26-27(33)9-8-10-28(26)34)30(38)20-37(23-13-15-24(16-14-23)42-7-3)43(40,41)25-17-11-22(32)12-18-25/h8-18,21,29H,5-7,19-20H2,1-4H3,(H,35,39)/t21-,29-/m0/s1. The molecule has 0 spiro atoms. The molecule has 2 amide bonds. The molecule has 0 heterocycles. The Morgan fingerprint density at radius 1 is 0.930 bits per heavy atom. The number of hydrogen-bond donors (Lipinski definition) is 1. The number of amides is 2. The molecule has 0 fully saturated rings. The molecule has 12 heteroatoms. The van der Waals surface area contributed by atoms with Crippen LogP contribution in [-0.4, -0.2) is 50.4 Å². The molecule has 0 aliphatic heterocycles. The van der Waals surface area contributed by atoms with Gasteiger partial charge in [0.2, 0.25) is 11.8 Å². The number of nitrogens with zero attached hydrogens (tertiary/aromatic N) is 2. The lowest BCUT2D eigenvalue weighted by Gasteiger charge is -2.34. The Bertz CT molecular complexity index is 1480. The van der Waals surface area contributed by atoms with Crippen LogP contribution in [-0.2, 0) is 26.2 Å². The van der Waals surface area contributed by atoms with E-state index in [-0.39, 0.29) is 35.5 Å². The van der Waals surface area contributed by atoms with Gasteiger partial charge in [-0.15, -0.1) is 0 Å². The summed E-state index contributed by atoms with van der Waals surface area (Å²) in [5.74, 6) is -0.394. The van der Waals surface area contributed by atoms with E-state index >= 15 is 0 Å². The highest BCUT2D eigenvalue weighted by Crippen LogP contribution is 2.30. The second kappa shape index (κ2) is 15.8. The fourth-order valence-electron chi connectivity index (χ4n) is 4.35. The van der Waals surface area contributed by atoms with E-state index in [0.717, 1.165) is 4.31 Å². The maximum atomic E-state index is 14.2. The third-order valence-corrected chi connectivity index (χ3v) is 9.92. The molecule has 3 rings (SSSR count). The number of rotatable bonds is 14. The molecule has 0 aliphatic carbocycles. The quantitative estimate of drug-likeness (QED) is 0.193. The first-order valence-corrected chi connectivity index (χ1v) is 17.0. The first kappa shape index (κ1) is 34.7. The average Bonchev–Trinajstić information content (AvgIpc) is 2.97. The van der Waals surface area contributed by atoms with Crippen molar-refractivity contribution in [2.24, 2.45) is 0 Å². The van der Waals surface area contributed by atoms with Gasteiger partial charge in [0.15, 0.2) is 0 Å². The third kappa shape index (κ3) is 8.88. The number of sulfonamides is 1. The molecule has 0 radical (unpaired) electrons. The van der Waals surface area contributed by atoms with E-state index in [0.29, 0.717) is 38.9 Å². The van der Waals surface area contributed by atoms with E-state index in [4.69, 9.17) is 27.9 Å². The van der Waals surface area contributed by atoms with Crippen LogP contribution in [0, 0.1) is 0 Å². The summed E-state index contributed by atoms with van der Waals surface area (Å²) >= 11 is 16.3. The van der Waals surface area contributed by atoms with E-state index in [1.807, 2.05) is 20.8 Å². The van der Waals surface area contributed by atoms with Gasteiger partial charge < -0.3 is 15.0 Å². The molecule has 1 N–H and O–H groups in total. The molecule has 0 aromatic heterocycles. The summed E-state index contributed by atoms with van der Waals surface area (Å²) in [4.78, 5) is 29.0. The van der Waals surface area contributed by atoms with Crippen molar-refractivity contribution in [3.8, 4) is 5.75 Å². The number of carbonyl (C=O) groups excluding carboxylic acids is 2. The van der Waals surface area contributed by atoms with Crippen molar-refractivity contribution in [2.75, 3.05) is 17.5 Å². The number of ether oxygens (including phenoxy) is 1. The Morgan fingerprint density at radius 3 is 2.07 bits per heavy atom. The molecule has 0 unspecified atom stereocenters. The van der Waals surface area contributed by atoms with E-state index in [9.17, 15) is 18.0 Å². The van der Waals surface area contributed by atoms with Gasteiger partial charge in [-0.2, -0.15) is 0 Å². The van der Waals surface area contributed by atoms with E-state index < -0.39 is 28.5 Å². The first-order chi connectivity index (χ1) is 20.4. The van der Waals surface area contributed by atoms with Crippen molar-refractivity contribution in [1.29, 1.82) is 0 Å². The van der Waals surface area contributed by atoms with Crippen molar-refractivity contribution in [3.05, 3.63) is 86.8 Å². The van der Waals surface area contributed by atoms with Gasteiger partial charge in [0.05, 0.1) is 17.2 Å². The predicted octanol–water partition coefficient (Wildman–Crippen LogP) is 7.07. The number of nitrogens with one attached hydrogen (secondary N) is 1.